The molecule has 0 saturated heterocycles. The smallest absolute Gasteiger partial charge is 0.373 e. The van der Waals surface area contributed by atoms with Gasteiger partial charge in [0, 0.05) is 53.0 Å². The lowest BCUT2D eigenvalue weighted by molar-refractivity contribution is 0.140. The standard InChI is InChI=1S/C20H28O6Si2/c1-21-27(22-2,23-3)19-13-9-7-11-17(19)15-16-18-12-8-10-14-20(18)28(24-4,25-5)26-6/h7-16H,1-6H3. The molecule has 0 heterocycles. The van der Waals surface area contributed by atoms with Gasteiger partial charge in [-0.3, -0.25) is 0 Å². The third kappa shape index (κ3) is 4.34. The summed E-state index contributed by atoms with van der Waals surface area (Å²) in [5, 5.41) is 1.79. The Balaban J connectivity index is 2.53. The lowest BCUT2D eigenvalue weighted by Crippen LogP contribution is -2.55. The summed E-state index contributed by atoms with van der Waals surface area (Å²) in [4.78, 5) is 0. The van der Waals surface area contributed by atoms with Crippen LogP contribution >= 0.6 is 0 Å². The van der Waals surface area contributed by atoms with Gasteiger partial charge in [0.1, 0.15) is 0 Å². The predicted octanol–water partition coefficient (Wildman–Crippen LogP) is 2.03. The van der Waals surface area contributed by atoms with Crippen molar-refractivity contribution in [1.82, 2.24) is 0 Å². The van der Waals surface area contributed by atoms with E-state index in [4.69, 9.17) is 26.6 Å². The topological polar surface area (TPSA) is 55.4 Å². The van der Waals surface area contributed by atoms with Crippen LogP contribution < -0.4 is 10.4 Å². The molecule has 0 atom stereocenters. The highest BCUT2D eigenvalue weighted by molar-refractivity contribution is 6.76. The van der Waals surface area contributed by atoms with Gasteiger partial charge in [0.25, 0.3) is 0 Å². The molecule has 0 fully saturated rings. The Morgan fingerprint density at radius 2 is 0.786 bits per heavy atom. The van der Waals surface area contributed by atoms with E-state index in [0.29, 0.717) is 0 Å². The monoisotopic (exact) mass is 420 g/mol. The van der Waals surface area contributed by atoms with Crippen LogP contribution in [-0.4, -0.2) is 60.3 Å². The van der Waals surface area contributed by atoms with Crippen LogP contribution in [0.25, 0.3) is 12.2 Å². The summed E-state index contributed by atoms with van der Waals surface area (Å²) < 4.78 is 33.9. The fourth-order valence-corrected chi connectivity index (χ4v) is 7.14. The van der Waals surface area contributed by atoms with Gasteiger partial charge >= 0.3 is 17.6 Å². The van der Waals surface area contributed by atoms with E-state index in [1.165, 1.54) is 0 Å². The van der Waals surface area contributed by atoms with E-state index in [-0.39, 0.29) is 0 Å². The maximum Gasteiger partial charge on any atom is 0.537 e. The van der Waals surface area contributed by atoms with Gasteiger partial charge < -0.3 is 26.6 Å². The largest absolute Gasteiger partial charge is 0.537 e. The zero-order valence-corrected chi connectivity index (χ0v) is 19.2. The van der Waals surface area contributed by atoms with Crippen LogP contribution in [0.5, 0.6) is 0 Å². The maximum absolute atomic E-state index is 5.65. The van der Waals surface area contributed by atoms with Crippen molar-refractivity contribution >= 4 is 40.1 Å². The second-order valence-electron chi connectivity index (χ2n) is 5.84. The van der Waals surface area contributed by atoms with E-state index in [0.717, 1.165) is 21.5 Å². The highest BCUT2D eigenvalue weighted by Crippen LogP contribution is 2.16. The Labute approximate surface area is 169 Å². The average Bonchev–Trinajstić information content (AvgIpc) is 2.77. The summed E-state index contributed by atoms with van der Waals surface area (Å²) in [5.74, 6) is 0. The highest BCUT2D eigenvalue weighted by Gasteiger charge is 2.43. The van der Waals surface area contributed by atoms with Gasteiger partial charge in [-0.15, -0.1) is 0 Å². The number of hydrogen-bond donors (Lipinski definition) is 0. The normalized spacial score (nSPS) is 12.6. The molecule has 2 aromatic rings. The molecule has 6 nitrogen and oxygen atoms in total. The molecular formula is C20H28O6Si2. The van der Waals surface area contributed by atoms with Crippen LogP contribution in [0.4, 0.5) is 0 Å². The first-order valence-corrected chi connectivity index (χ1v) is 12.2. The summed E-state index contributed by atoms with van der Waals surface area (Å²) >= 11 is 0. The number of hydrogen-bond acceptors (Lipinski definition) is 6. The van der Waals surface area contributed by atoms with Gasteiger partial charge in [0.15, 0.2) is 0 Å². The molecular weight excluding hydrogens is 392 g/mol. The molecule has 0 spiro atoms. The fourth-order valence-electron chi connectivity index (χ4n) is 3.18. The first-order chi connectivity index (χ1) is 13.6. The summed E-state index contributed by atoms with van der Waals surface area (Å²) in [6.07, 6.45) is 4.01. The molecule has 8 heteroatoms. The van der Waals surface area contributed by atoms with Crippen molar-refractivity contribution in [3.63, 3.8) is 0 Å². The molecule has 0 amide bonds. The lowest BCUT2D eigenvalue weighted by Gasteiger charge is -2.26. The van der Waals surface area contributed by atoms with Crippen molar-refractivity contribution in [2.24, 2.45) is 0 Å². The van der Waals surface area contributed by atoms with Gasteiger partial charge in [-0.1, -0.05) is 60.7 Å². The zero-order chi connectivity index (χ0) is 20.6. The highest BCUT2D eigenvalue weighted by atomic mass is 28.4. The minimum absolute atomic E-state index is 0.893. The summed E-state index contributed by atoms with van der Waals surface area (Å²) in [5.41, 5.74) is 1.91. The molecule has 0 aliphatic rings. The Bertz CT molecular complexity index is 706. The van der Waals surface area contributed by atoms with Crippen molar-refractivity contribution in [1.29, 1.82) is 0 Å². The Morgan fingerprint density at radius 3 is 1.07 bits per heavy atom. The molecule has 2 rings (SSSR count). The van der Waals surface area contributed by atoms with E-state index in [1.54, 1.807) is 42.7 Å². The molecule has 2 aromatic carbocycles. The first kappa shape index (κ1) is 22.7. The molecule has 0 N–H and O–H groups in total. The second kappa shape index (κ2) is 10.2. The van der Waals surface area contributed by atoms with Crippen molar-refractivity contribution < 1.29 is 26.6 Å². The van der Waals surface area contributed by atoms with Gasteiger partial charge in [-0.2, -0.15) is 0 Å². The van der Waals surface area contributed by atoms with E-state index >= 15 is 0 Å². The van der Waals surface area contributed by atoms with Crippen LogP contribution in [0, 0.1) is 0 Å². The van der Waals surface area contributed by atoms with Crippen LogP contribution in [0.15, 0.2) is 48.5 Å². The zero-order valence-electron chi connectivity index (χ0n) is 17.2. The first-order valence-electron chi connectivity index (χ1n) is 8.74. The Kier molecular flexibility index (Phi) is 8.28. The van der Waals surface area contributed by atoms with E-state index in [2.05, 4.69) is 0 Å². The quantitative estimate of drug-likeness (QED) is 0.433. The maximum atomic E-state index is 5.65. The molecule has 0 saturated carbocycles. The SMILES string of the molecule is CO[Si](OC)(OC)c1ccccc1C=Cc1ccccc1[Si](OC)(OC)OC. The summed E-state index contributed by atoms with van der Waals surface area (Å²) in [7, 11) is 3.68. The summed E-state index contributed by atoms with van der Waals surface area (Å²) in [6, 6.07) is 15.7. The van der Waals surface area contributed by atoms with Crippen LogP contribution in [0.1, 0.15) is 11.1 Å². The third-order valence-corrected chi connectivity index (χ3v) is 10.1. The van der Waals surface area contributed by atoms with E-state index < -0.39 is 17.6 Å². The van der Waals surface area contributed by atoms with Crippen molar-refractivity contribution in [2.45, 2.75) is 0 Å². The van der Waals surface area contributed by atoms with Crippen molar-refractivity contribution in [3.05, 3.63) is 59.7 Å². The van der Waals surface area contributed by atoms with Crippen molar-refractivity contribution in [2.75, 3.05) is 42.7 Å². The fraction of sp³-hybridized carbons (Fsp3) is 0.300. The van der Waals surface area contributed by atoms with Crippen LogP contribution in [-0.2, 0) is 26.6 Å². The lowest BCUT2D eigenvalue weighted by atomic mass is 10.1. The minimum atomic E-state index is -2.96. The Morgan fingerprint density at radius 1 is 0.500 bits per heavy atom. The van der Waals surface area contributed by atoms with E-state index in [1.807, 2.05) is 60.7 Å². The minimum Gasteiger partial charge on any atom is -0.373 e. The molecule has 0 unspecified atom stereocenters. The molecule has 0 radical (unpaired) electrons. The molecule has 28 heavy (non-hydrogen) atoms. The van der Waals surface area contributed by atoms with Gasteiger partial charge in [0.05, 0.1) is 0 Å². The molecule has 0 bridgehead atoms. The van der Waals surface area contributed by atoms with Gasteiger partial charge in [-0.05, 0) is 11.1 Å². The molecule has 152 valence electrons. The average molecular weight is 421 g/mol. The second-order valence-corrected chi connectivity index (χ2v) is 11.6. The van der Waals surface area contributed by atoms with E-state index in [9.17, 15) is 0 Å². The number of benzene rings is 2. The van der Waals surface area contributed by atoms with Gasteiger partial charge in [-0.25, -0.2) is 0 Å². The molecule has 0 aromatic heterocycles. The summed E-state index contributed by atoms with van der Waals surface area (Å²) in [6.45, 7) is 0. The Hall–Kier alpha value is -1.63. The van der Waals surface area contributed by atoms with Crippen LogP contribution in [0.2, 0.25) is 0 Å². The van der Waals surface area contributed by atoms with Crippen LogP contribution in [0.3, 0.4) is 0 Å². The van der Waals surface area contributed by atoms with Gasteiger partial charge in [0.2, 0.25) is 0 Å². The predicted molar refractivity (Wildman–Crippen MR) is 115 cm³/mol. The molecule has 0 aliphatic heterocycles. The third-order valence-electron chi connectivity index (χ3n) is 4.64. The van der Waals surface area contributed by atoms with Crippen molar-refractivity contribution in [3.8, 4) is 0 Å². The number of rotatable bonds is 10. The molecule has 0 aliphatic carbocycles.